The number of halogens is 1. The molecule has 3 aromatic carbocycles. The van der Waals surface area contributed by atoms with E-state index in [-0.39, 0.29) is 11.6 Å². The molecule has 1 aliphatic carbocycles. The number of methoxy groups -OCH3 is 1. The van der Waals surface area contributed by atoms with Gasteiger partial charge in [-0.2, -0.15) is 0 Å². The van der Waals surface area contributed by atoms with E-state index in [2.05, 4.69) is 5.32 Å². The highest BCUT2D eigenvalue weighted by Crippen LogP contribution is 2.41. The van der Waals surface area contributed by atoms with Gasteiger partial charge < -0.3 is 10.1 Å². The third-order valence-electron chi connectivity index (χ3n) is 4.79. The first-order valence-corrected chi connectivity index (χ1v) is 8.81. The van der Waals surface area contributed by atoms with Crippen molar-refractivity contribution >= 4 is 28.9 Å². The Kier molecular flexibility index (Phi) is 4.21. The zero-order valence-electron chi connectivity index (χ0n) is 14.5. The fraction of sp³-hybridized carbons (Fsp3) is 0.0909. The van der Waals surface area contributed by atoms with Crippen LogP contribution in [0.15, 0.2) is 72.8 Å². The molecule has 1 N–H and O–H groups in total. The number of Topliss-reactive ketones (excluding diaryl/α,β-unsaturated/α-hetero) is 2. The van der Waals surface area contributed by atoms with Gasteiger partial charge in [-0.3, -0.25) is 9.59 Å². The molecule has 0 aliphatic heterocycles. The maximum Gasteiger partial charge on any atom is 0.201 e. The van der Waals surface area contributed by atoms with E-state index in [4.69, 9.17) is 16.3 Å². The van der Waals surface area contributed by atoms with Crippen molar-refractivity contribution in [3.8, 4) is 5.75 Å². The lowest BCUT2D eigenvalue weighted by molar-refractivity contribution is 0.0819. The summed E-state index contributed by atoms with van der Waals surface area (Å²) >= 11 is 6.23. The molecular weight excluding hydrogens is 362 g/mol. The van der Waals surface area contributed by atoms with Crippen molar-refractivity contribution in [3.63, 3.8) is 0 Å². The number of hydrogen-bond donors (Lipinski definition) is 1. The third kappa shape index (κ3) is 2.61. The highest BCUT2D eigenvalue weighted by molar-refractivity contribution is 6.34. The summed E-state index contributed by atoms with van der Waals surface area (Å²) in [7, 11) is 1.53. The number of nitrogens with one attached hydrogen (secondary N) is 1. The number of rotatable bonds is 4. The van der Waals surface area contributed by atoms with Gasteiger partial charge in [-0.25, -0.2) is 0 Å². The predicted molar refractivity (Wildman–Crippen MR) is 105 cm³/mol. The van der Waals surface area contributed by atoms with Crippen molar-refractivity contribution in [2.75, 3.05) is 12.4 Å². The monoisotopic (exact) mass is 377 g/mol. The minimum atomic E-state index is -1.52. The molecule has 3 aromatic rings. The molecular formula is C22H16ClNO3. The Morgan fingerprint density at radius 1 is 0.852 bits per heavy atom. The van der Waals surface area contributed by atoms with Crippen LogP contribution < -0.4 is 10.1 Å². The fourth-order valence-electron chi connectivity index (χ4n) is 3.48. The van der Waals surface area contributed by atoms with Gasteiger partial charge in [0.25, 0.3) is 0 Å². The van der Waals surface area contributed by atoms with E-state index in [1.165, 1.54) is 7.11 Å². The fourth-order valence-corrected chi connectivity index (χ4v) is 3.74. The average Bonchev–Trinajstić information content (AvgIpc) is 2.92. The normalized spacial score (nSPS) is 14.7. The number of anilines is 1. The molecule has 0 amide bonds. The maximum atomic E-state index is 13.4. The van der Waals surface area contributed by atoms with Crippen LogP contribution in [-0.4, -0.2) is 18.7 Å². The maximum absolute atomic E-state index is 13.4. The SMILES string of the molecule is COc1ccc(NC2(c3ccccc3)C(=O)c3ccccc3C2=O)cc1Cl. The van der Waals surface area contributed by atoms with Crippen molar-refractivity contribution in [3.05, 3.63) is 94.5 Å². The van der Waals surface area contributed by atoms with Gasteiger partial charge in [-0.1, -0.05) is 66.2 Å². The van der Waals surface area contributed by atoms with Crippen LogP contribution in [0.2, 0.25) is 5.02 Å². The molecule has 27 heavy (non-hydrogen) atoms. The van der Waals surface area contributed by atoms with E-state index in [0.717, 1.165) is 0 Å². The van der Waals surface area contributed by atoms with Crippen molar-refractivity contribution < 1.29 is 14.3 Å². The van der Waals surface area contributed by atoms with Crippen molar-refractivity contribution in [2.45, 2.75) is 5.54 Å². The smallest absolute Gasteiger partial charge is 0.201 e. The summed E-state index contributed by atoms with van der Waals surface area (Å²) < 4.78 is 5.18. The van der Waals surface area contributed by atoms with Crippen LogP contribution in [-0.2, 0) is 5.54 Å². The van der Waals surface area contributed by atoms with Crippen LogP contribution in [0.3, 0.4) is 0 Å². The first-order valence-electron chi connectivity index (χ1n) is 8.44. The number of benzene rings is 3. The van der Waals surface area contributed by atoms with Crippen molar-refractivity contribution in [1.82, 2.24) is 0 Å². The third-order valence-corrected chi connectivity index (χ3v) is 5.08. The zero-order valence-corrected chi connectivity index (χ0v) is 15.3. The second-order valence-electron chi connectivity index (χ2n) is 6.29. The summed E-state index contributed by atoms with van der Waals surface area (Å²) in [6.45, 7) is 0. The van der Waals surface area contributed by atoms with Crippen LogP contribution in [0.5, 0.6) is 5.75 Å². The Morgan fingerprint density at radius 2 is 1.44 bits per heavy atom. The molecule has 0 aromatic heterocycles. The second-order valence-corrected chi connectivity index (χ2v) is 6.70. The molecule has 0 radical (unpaired) electrons. The number of ether oxygens (including phenoxy) is 1. The van der Waals surface area contributed by atoms with Gasteiger partial charge in [0.1, 0.15) is 5.75 Å². The van der Waals surface area contributed by atoms with Crippen LogP contribution in [0.25, 0.3) is 0 Å². The lowest BCUT2D eigenvalue weighted by Crippen LogP contribution is -2.46. The molecule has 0 heterocycles. The largest absolute Gasteiger partial charge is 0.495 e. The molecule has 134 valence electrons. The van der Waals surface area contributed by atoms with Gasteiger partial charge >= 0.3 is 0 Å². The molecule has 0 fully saturated rings. The number of hydrogen-bond acceptors (Lipinski definition) is 4. The van der Waals surface area contributed by atoms with Gasteiger partial charge in [0, 0.05) is 16.8 Å². The van der Waals surface area contributed by atoms with Gasteiger partial charge in [-0.15, -0.1) is 0 Å². The molecule has 1 aliphatic rings. The molecule has 0 unspecified atom stereocenters. The lowest BCUT2D eigenvalue weighted by atomic mass is 9.84. The quantitative estimate of drug-likeness (QED) is 0.667. The standard InChI is InChI=1S/C22H16ClNO3/c1-27-19-12-11-15(13-18(19)23)24-22(14-7-3-2-4-8-14)20(25)16-9-5-6-10-17(16)21(22)26/h2-13,24H,1H3. The topological polar surface area (TPSA) is 55.4 Å². The number of carbonyl (C=O) groups is 2. The predicted octanol–water partition coefficient (Wildman–Crippen LogP) is 4.74. The minimum absolute atomic E-state index is 0.277. The first kappa shape index (κ1) is 17.3. The van der Waals surface area contributed by atoms with Crippen molar-refractivity contribution in [2.24, 2.45) is 0 Å². The summed E-state index contributed by atoms with van der Waals surface area (Å²) in [6, 6.07) is 21.0. The number of fused-ring (bicyclic) bond motifs is 1. The summed E-state index contributed by atoms with van der Waals surface area (Å²) in [5, 5.41) is 3.56. The molecule has 4 rings (SSSR count). The zero-order chi connectivity index (χ0) is 19.0. The summed E-state index contributed by atoms with van der Waals surface area (Å²) in [4.78, 5) is 26.8. The average molecular weight is 378 g/mol. The molecule has 0 bridgehead atoms. The van der Waals surface area contributed by atoms with Gasteiger partial charge in [0.05, 0.1) is 12.1 Å². The summed E-state index contributed by atoms with van der Waals surface area (Å²) in [6.07, 6.45) is 0. The highest BCUT2D eigenvalue weighted by atomic mass is 35.5. The Hall–Kier alpha value is -3.11. The molecule has 4 nitrogen and oxygen atoms in total. The number of ketones is 2. The Bertz CT molecular complexity index is 1010. The summed E-state index contributed by atoms with van der Waals surface area (Å²) in [5.74, 6) is -0.0363. The summed E-state index contributed by atoms with van der Waals surface area (Å²) in [5.41, 5.74) is 0.447. The van der Waals surface area contributed by atoms with E-state index in [1.54, 1.807) is 54.6 Å². The van der Waals surface area contributed by atoms with Crippen molar-refractivity contribution in [1.29, 1.82) is 0 Å². The molecule has 0 spiro atoms. The van der Waals surface area contributed by atoms with Gasteiger partial charge in [0.15, 0.2) is 5.54 Å². The Balaban J connectivity index is 1.88. The van der Waals surface area contributed by atoms with Crippen LogP contribution in [0.4, 0.5) is 5.69 Å². The van der Waals surface area contributed by atoms with Crippen LogP contribution in [0.1, 0.15) is 26.3 Å². The Morgan fingerprint density at radius 3 is 2.00 bits per heavy atom. The second kappa shape index (κ2) is 6.56. The van der Waals surface area contributed by atoms with Gasteiger partial charge in [-0.05, 0) is 23.8 Å². The van der Waals surface area contributed by atoms with Crippen LogP contribution in [0, 0.1) is 0 Å². The molecule has 5 heteroatoms. The van der Waals surface area contributed by atoms with E-state index in [1.807, 2.05) is 18.2 Å². The molecule has 0 atom stereocenters. The van der Waals surface area contributed by atoms with Gasteiger partial charge in [0.2, 0.25) is 11.6 Å². The van der Waals surface area contributed by atoms with E-state index in [0.29, 0.717) is 33.1 Å². The van der Waals surface area contributed by atoms with E-state index in [9.17, 15) is 9.59 Å². The van der Waals surface area contributed by atoms with E-state index < -0.39 is 5.54 Å². The molecule has 0 saturated heterocycles. The highest BCUT2D eigenvalue weighted by Gasteiger charge is 2.54. The lowest BCUT2D eigenvalue weighted by Gasteiger charge is -2.29. The number of carbonyl (C=O) groups excluding carboxylic acids is 2. The van der Waals surface area contributed by atoms with Crippen LogP contribution >= 0.6 is 11.6 Å². The van der Waals surface area contributed by atoms with E-state index >= 15 is 0 Å². The molecule has 0 saturated carbocycles. The Labute approximate surface area is 161 Å². The first-order chi connectivity index (χ1) is 13.1. The minimum Gasteiger partial charge on any atom is -0.495 e.